The first-order valence-electron chi connectivity index (χ1n) is 9.13. The highest BCUT2D eigenvalue weighted by Crippen LogP contribution is 2.26. The number of hydrogen-bond acceptors (Lipinski definition) is 0. The molecule has 0 aromatic carbocycles. The van der Waals surface area contributed by atoms with E-state index in [4.69, 9.17) is 0 Å². The van der Waals surface area contributed by atoms with Crippen LogP contribution in [0.1, 0.15) is 105 Å². The highest BCUT2D eigenvalue weighted by Gasteiger charge is 2.13. The summed E-state index contributed by atoms with van der Waals surface area (Å²) < 4.78 is 0. The Bertz CT molecular complexity index is 161. The highest BCUT2D eigenvalue weighted by molar-refractivity contribution is 4.82. The van der Waals surface area contributed by atoms with Crippen molar-refractivity contribution in [2.75, 3.05) is 0 Å². The topological polar surface area (TPSA) is 0 Å². The molecule has 19 heavy (non-hydrogen) atoms. The van der Waals surface area contributed by atoms with Crippen LogP contribution < -0.4 is 0 Å². The lowest BCUT2D eigenvalue weighted by Crippen LogP contribution is -2.09. The zero-order valence-corrected chi connectivity index (χ0v) is 14.2. The van der Waals surface area contributed by atoms with Crippen LogP contribution in [0.15, 0.2) is 0 Å². The van der Waals surface area contributed by atoms with Crippen LogP contribution in [0.3, 0.4) is 0 Å². The van der Waals surface area contributed by atoms with Crippen LogP contribution in [0.4, 0.5) is 0 Å². The van der Waals surface area contributed by atoms with Crippen LogP contribution in [0.2, 0.25) is 0 Å². The van der Waals surface area contributed by atoms with E-state index in [1.54, 1.807) is 0 Å². The molecule has 0 bridgehead atoms. The molecule has 0 rings (SSSR count). The summed E-state index contributed by atoms with van der Waals surface area (Å²) in [6.07, 6.45) is 19.6. The standard InChI is InChI=1S/C19H39/c1-5-9-11-12-14-16-19(8-4)17-18(7-3)15-13-10-6-2/h17-19H,5-16H2,1-4H3. The van der Waals surface area contributed by atoms with Gasteiger partial charge in [-0.3, -0.25) is 0 Å². The van der Waals surface area contributed by atoms with Crippen molar-refractivity contribution in [2.24, 2.45) is 11.8 Å². The minimum absolute atomic E-state index is 0.882. The van der Waals surface area contributed by atoms with E-state index in [1.165, 1.54) is 77.0 Å². The van der Waals surface area contributed by atoms with Gasteiger partial charge in [0.25, 0.3) is 0 Å². The van der Waals surface area contributed by atoms with Crippen LogP contribution >= 0.6 is 0 Å². The molecule has 2 unspecified atom stereocenters. The summed E-state index contributed by atoms with van der Waals surface area (Å²) in [6, 6.07) is 0. The Kier molecular flexibility index (Phi) is 14.4. The molecule has 0 N–H and O–H groups in total. The monoisotopic (exact) mass is 267 g/mol. The van der Waals surface area contributed by atoms with E-state index < -0.39 is 0 Å². The Morgan fingerprint density at radius 3 is 1.47 bits per heavy atom. The van der Waals surface area contributed by atoms with Gasteiger partial charge in [-0.2, -0.15) is 0 Å². The van der Waals surface area contributed by atoms with Gasteiger partial charge < -0.3 is 0 Å². The van der Waals surface area contributed by atoms with Gasteiger partial charge in [0, 0.05) is 0 Å². The second kappa shape index (κ2) is 14.4. The third kappa shape index (κ3) is 11.5. The van der Waals surface area contributed by atoms with Crippen molar-refractivity contribution in [3.8, 4) is 0 Å². The summed E-state index contributed by atoms with van der Waals surface area (Å²) in [5.74, 6) is 1.76. The van der Waals surface area contributed by atoms with Crippen molar-refractivity contribution >= 4 is 0 Å². The molecule has 0 aromatic heterocycles. The fourth-order valence-corrected chi connectivity index (χ4v) is 2.92. The molecule has 0 saturated carbocycles. The number of unbranched alkanes of at least 4 members (excludes halogenated alkanes) is 6. The van der Waals surface area contributed by atoms with Gasteiger partial charge >= 0.3 is 0 Å². The Labute approximate surface area is 123 Å². The average Bonchev–Trinajstić information content (AvgIpc) is 2.44. The molecule has 0 aliphatic heterocycles. The molecule has 0 aromatic rings. The van der Waals surface area contributed by atoms with Gasteiger partial charge in [-0.1, -0.05) is 105 Å². The Hall–Kier alpha value is 0. The number of hydrogen-bond donors (Lipinski definition) is 0. The van der Waals surface area contributed by atoms with E-state index >= 15 is 0 Å². The van der Waals surface area contributed by atoms with Crippen LogP contribution in [0, 0.1) is 18.3 Å². The van der Waals surface area contributed by atoms with Gasteiger partial charge in [0.1, 0.15) is 0 Å². The van der Waals surface area contributed by atoms with Gasteiger partial charge in [0.05, 0.1) is 0 Å². The molecule has 0 fully saturated rings. The van der Waals surface area contributed by atoms with Crippen LogP contribution in [0.25, 0.3) is 0 Å². The van der Waals surface area contributed by atoms with E-state index in [2.05, 4.69) is 34.1 Å². The average molecular weight is 268 g/mol. The van der Waals surface area contributed by atoms with E-state index in [0.717, 1.165) is 11.8 Å². The summed E-state index contributed by atoms with van der Waals surface area (Å²) in [4.78, 5) is 0. The minimum atomic E-state index is 0.882. The maximum atomic E-state index is 2.70. The summed E-state index contributed by atoms with van der Waals surface area (Å²) in [5, 5.41) is 0. The van der Waals surface area contributed by atoms with E-state index in [-0.39, 0.29) is 0 Å². The van der Waals surface area contributed by atoms with Crippen molar-refractivity contribution in [3.05, 3.63) is 6.42 Å². The summed E-state index contributed by atoms with van der Waals surface area (Å²) >= 11 is 0. The lowest BCUT2D eigenvalue weighted by molar-refractivity contribution is 0.400. The first-order valence-corrected chi connectivity index (χ1v) is 9.13. The summed E-state index contributed by atoms with van der Waals surface area (Å²) in [5.41, 5.74) is 0. The fourth-order valence-electron chi connectivity index (χ4n) is 2.92. The molecule has 0 aliphatic rings. The van der Waals surface area contributed by atoms with Crippen LogP contribution in [0.5, 0.6) is 0 Å². The number of rotatable bonds is 14. The molecule has 2 atom stereocenters. The Morgan fingerprint density at radius 2 is 1.00 bits per heavy atom. The third-order valence-corrected chi connectivity index (χ3v) is 4.45. The lowest BCUT2D eigenvalue weighted by atomic mass is 9.84. The molecule has 1 radical (unpaired) electrons. The molecular weight excluding hydrogens is 228 g/mol. The smallest absolute Gasteiger partial charge is 0.0324 e. The van der Waals surface area contributed by atoms with Gasteiger partial charge in [-0.05, 0) is 18.3 Å². The van der Waals surface area contributed by atoms with Crippen molar-refractivity contribution in [2.45, 2.75) is 105 Å². The molecule has 115 valence electrons. The predicted octanol–water partition coefficient (Wildman–Crippen LogP) is 7.18. The Morgan fingerprint density at radius 1 is 0.579 bits per heavy atom. The zero-order chi connectivity index (χ0) is 14.3. The van der Waals surface area contributed by atoms with Crippen molar-refractivity contribution in [1.82, 2.24) is 0 Å². The summed E-state index contributed by atoms with van der Waals surface area (Å²) in [6.45, 7) is 9.33. The van der Waals surface area contributed by atoms with Gasteiger partial charge in [-0.15, -0.1) is 0 Å². The molecule has 0 nitrogen and oxygen atoms in total. The van der Waals surface area contributed by atoms with E-state index in [0.29, 0.717) is 0 Å². The van der Waals surface area contributed by atoms with E-state index in [1.807, 2.05) is 0 Å². The Balaban J connectivity index is 3.73. The third-order valence-electron chi connectivity index (χ3n) is 4.45. The van der Waals surface area contributed by atoms with E-state index in [9.17, 15) is 0 Å². The zero-order valence-electron chi connectivity index (χ0n) is 14.2. The minimum Gasteiger partial charge on any atom is -0.0654 e. The second-order valence-corrected chi connectivity index (χ2v) is 6.23. The highest BCUT2D eigenvalue weighted by atomic mass is 14.2. The first-order chi connectivity index (χ1) is 9.28. The molecule has 0 spiro atoms. The molecule has 0 saturated heterocycles. The molecular formula is C19H39. The first kappa shape index (κ1) is 19.0. The van der Waals surface area contributed by atoms with Crippen molar-refractivity contribution in [3.63, 3.8) is 0 Å². The second-order valence-electron chi connectivity index (χ2n) is 6.23. The predicted molar refractivity (Wildman–Crippen MR) is 89.4 cm³/mol. The molecule has 0 aliphatic carbocycles. The SMILES string of the molecule is CCCCCCCC([CH]C(CC)CCCCC)CC. The quantitative estimate of drug-likeness (QED) is 0.292. The largest absolute Gasteiger partial charge is 0.0654 e. The van der Waals surface area contributed by atoms with Crippen molar-refractivity contribution < 1.29 is 0 Å². The molecule has 0 heterocycles. The van der Waals surface area contributed by atoms with Gasteiger partial charge in [0.2, 0.25) is 0 Å². The molecule has 0 heteroatoms. The maximum absolute atomic E-state index is 2.70. The summed E-state index contributed by atoms with van der Waals surface area (Å²) in [7, 11) is 0. The fraction of sp³-hybridized carbons (Fsp3) is 0.947. The van der Waals surface area contributed by atoms with Gasteiger partial charge in [0.15, 0.2) is 0 Å². The molecule has 0 amide bonds. The van der Waals surface area contributed by atoms with Crippen LogP contribution in [-0.2, 0) is 0 Å². The lowest BCUT2D eigenvalue weighted by Gasteiger charge is -2.21. The maximum Gasteiger partial charge on any atom is -0.0324 e. The van der Waals surface area contributed by atoms with Crippen LogP contribution in [-0.4, -0.2) is 0 Å². The normalized spacial score (nSPS) is 14.5. The van der Waals surface area contributed by atoms with Gasteiger partial charge in [-0.25, -0.2) is 0 Å². The van der Waals surface area contributed by atoms with Crippen molar-refractivity contribution in [1.29, 1.82) is 0 Å².